The molecule has 5 heteroatoms. The first-order valence-corrected chi connectivity index (χ1v) is 9.87. The Morgan fingerprint density at radius 1 is 1.15 bits per heavy atom. The van der Waals surface area contributed by atoms with Crippen molar-refractivity contribution in [3.05, 3.63) is 29.8 Å². The molecule has 3 rings (SSSR count). The third kappa shape index (κ3) is 4.99. The van der Waals surface area contributed by atoms with Gasteiger partial charge in [-0.1, -0.05) is 37.8 Å². The highest BCUT2D eigenvalue weighted by Crippen LogP contribution is 2.22. The standard InChI is InChI=1S/C21H30N2O3/c1-26-19-10-8-16(9-11-19)12-13-23-15-17(14-20(23)24)21(25)22-18-6-4-2-3-5-7-18/h8-11,17-18H,2-7,12-15H2,1H3,(H,22,25). The lowest BCUT2D eigenvalue weighted by Gasteiger charge is -2.20. The fourth-order valence-corrected chi connectivity index (χ4v) is 3.96. The maximum absolute atomic E-state index is 12.6. The maximum atomic E-state index is 12.6. The van der Waals surface area contributed by atoms with Crippen LogP contribution in [-0.4, -0.2) is 43.0 Å². The highest BCUT2D eigenvalue weighted by Gasteiger charge is 2.34. The van der Waals surface area contributed by atoms with Gasteiger partial charge in [0.2, 0.25) is 11.8 Å². The van der Waals surface area contributed by atoms with E-state index in [2.05, 4.69) is 5.32 Å². The van der Waals surface area contributed by atoms with Crippen LogP contribution in [0.4, 0.5) is 0 Å². The summed E-state index contributed by atoms with van der Waals surface area (Å²) in [6, 6.07) is 8.22. The zero-order valence-electron chi connectivity index (χ0n) is 15.7. The molecule has 1 saturated heterocycles. The van der Waals surface area contributed by atoms with Crippen molar-refractivity contribution < 1.29 is 14.3 Å². The molecule has 5 nitrogen and oxygen atoms in total. The van der Waals surface area contributed by atoms with Crippen molar-refractivity contribution in [3.8, 4) is 5.75 Å². The van der Waals surface area contributed by atoms with Crippen molar-refractivity contribution in [3.63, 3.8) is 0 Å². The van der Waals surface area contributed by atoms with Gasteiger partial charge in [0.05, 0.1) is 13.0 Å². The molecule has 0 spiro atoms. The van der Waals surface area contributed by atoms with Gasteiger partial charge in [-0.3, -0.25) is 9.59 Å². The summed E-state index contributed by atoms with van der Waals surface area (Å²) in [5.74, 6) is 0.805. The third-order valence-electron chi connectivity index (χ3n) is 5.62. The Kier molecular flexibility index (Phi) is 6.53. The van der Waals surface area contributed by atoms with Gasteiger partial charge in [-0.2, -0.15) is 0 Å². The number of methoxy groups -OCH3 is 1. The number of hydrogen-bond acceptors (Lipinski definition) is 3. The molecule has 1 saturated carbocycles. The molecule has 1 aromatic carbocycles. The zero-order valence-corrected chi connectivity index (χ0v) is 15.7. The maximum Gasteiger partial charge on any atom is 0.225 e. The third-order valence-corrected chi connectivity index (χ3v) is 5.62. The molecule has 1 atom stereocenters. The smallest absolute Gasteiger partial charge is 0.225 e. The zero-order chi connectivity index (χ0) is 18.4. The fraction of sp³-hybridized carbons (Fsp3) is 0.619. The summed E-state index contributed by atoms with van der Waals surface area (Å²) in [7, 11) is 1.65. The Balaban J connectivity index is 1.47. The number of benzene rings is 1. The molecule has 0 aromatic heterocycles. The molecule has 1 N–H and O–H groups in total. The predicted octanol–water partition coefficient (Wildman–Crippen LogP) is 2.93. The van der Waals surface area contributed by atoms with Crippen LogP contribution in [-0.2, 0) is 16.0 Å². The van der Waals surface area contributed by atoms with E-state index >= 15 is 0 Å². The molecule has 1 unspecified atom stereocenters. The lowest BCUT2D eigenvalue weighted by Crippen LogP contribution is -2.39. The van der Waals surface area contributed by atoms with Crippen molar-refractivity contribution in [1.82, 2.24) is 10.2 Å². The molecule has 142 valence electrons. The van der Waals surface area contributed by atoms with Crippen LogP contribution >= 0.6 is 0 Å². The van der Waals surface area contributed by atoms with Gasteiger partial charge in [0.15, 0.2) is 0 Å². The number of likely N-dealkylation sites (tertiary alicyclic amines) is 1. The number of rotatable bonds is 6. The normalized spacial score (nSPS) is 21.5. The summed E-state index contributed by atoms with van der Waals surface area (Å²) in [5.41, 5.74) is 1.17. The average molecular weight is 358 g/mol. The molecular weight excluding hydrogens is 328 g/mol. The minimum atomic E-state index is -0.193. The van der Waals surface area contributed by atoms with Crippen LogP contribution < -0.4 is 10.1 Å². The Morgan fingerprint density at radius 3 is 2.50 bits per heavy atom. The van der Waals surface area contributed by atoms with E-state index in [9.17, 15) is 9.59 Å². The van der Waals surface area contributed by atoms with Gasteiger partial charge in [-0.25, -0.2) is 0 Å². The Labute approximate surface area is 156 Å². The number of nitrogens with one attached hydrogen (secondary N) is 1. The summed E-state index contributed by atoms with van der Waals surface area (Å²) in [6.07, 6.45) is 8.24. The molecule has 0 radical (unpaired) electrons. The van der Waals surface area contributed by atoms with Crippen LogP contribution in [0.15, 0.2) is 24.3 Å². The number of nitrogens with zero attached hydrogens (tertiary/aromatic N) is 1. The van der Waals surface area contributed by atoms with E-state index in [1.165, 1.54) is 31.2 Å². The molecule has 1 heterocycles. The number of carbonyl (C=O) groups is 2. The van der Waals surface area contributed by atoms with Gasteiger partial charge in [0.25, 0.3) is 0 Å². The van der Waals surface area contributed by atoms with Crippen molar-refractivity contribution in [1.29, 1.82) is 0 Å². The van der Waals surface area contributed by atoms with Crippen LogP contribution in [0.2, 0.25) is 0 Å². The van der Waals surface area contributed by atoms with Crippen molar-refractivity contribution in [2.75, 3.05) is 20.2 Å². The van der Waals surface area contributed by atoms with Gasteiger partial charge in [0, 0.05) is 25.6 Å². The van der Waals surface area contributed by atoms with Gasteiger partial charge >= 0.3 is 0 Å². The van der Waals surface area contributed by atoms with Crippen LogP contribution in [0.1, 0.15) is 50.5 Å². The minimum Gasteiger partial charge on any atom is -0.497 e. The van der Waals surface area contributed by atoms with E-state index in [0.717, 1.165) is 25.0 Å². The van der Waals surface area contributed by atoms with Crippen molar-refractivity contribution in [2.24, 2.45) is 5.92 Å². The van der Waals surface area contributed by atoms with E-state index in [-0.39, 0.29) is 17.7 Å². The van der Waals surface area contributed by atoms with E-state index in [0.29, 0.717) is 25.6 Å². The highest BCUT2D eigenvalue weighted by molar-refractivity contribution is 5.89. The second-order valence-corrected chi connectivity index (χ2v) is 7.54. The summed E-state index contributed by atoms with van der Waals surface area (Å²) < 4.78 is 5.17. The summed E-state index contributed by atoms with van der Waals surface area (Å²) in [6.45, 7) is 1.21. The van der Waals surface area contributed by atoms with Crippen molar-refractivity contribution in [2.45, 2.75) is 57.4 Å². The van der Waals surface area contributed by atoms with Gasteiger partial charge < -0.3 is 15.0 Å². The monoisotopic (exact) mass is 358 g/mol. The minimum absolute atomic E-state index is 0.0668. The van der Waals surface area contributed by atoms with E-state index in [4.69, 9.17) is 4.74 Å². The molecule has 1 aliphatic carbocycles. The van der Waals surface area contributed by atoms with Crippen LogP contribution in [0.25, 0.3) is 0 Å². The summed E-state index contributed by atoms with van der Waals surface area (Å²) >= 11 is 0. The molecule has 26 heavy (non-hydrogen) atoms. The Bertz CT molecular complexity index is 606. The SMILES string of the molecule is COc1ccc(CCN2CC(C(=O)NC3CCCCCC3)CC2=O)cc1. The number of amides is 2. The fourth-order valence-electron chi connectivity index (χ4n) is 3.96. The van der Waals surface area contributed by atoms with E-state index < -0.39 is 0 Å². The second kappa shape index (κ2) is 9.06. The van der Waals surface area contributed by atoms with Gasteiger partial charge in [-0.05, 0) is 37.0 Å². The Morgan fingerprint density at radius 2 is 1.85 bits per heavy atom. The van der Waals surface area contributed by atoms with E-state index in [1.54, 1.807) is 7.11 Å². The number of hydrogen-bond donors (Lipinski definition) is 1. The topological polar surface area (TPSA) is 58.6 Å². The van der Waals surface area contributed by atoms with Gasteiger partial charge in [0.1, 0.15) is 5.75 Å². The molecule has 2 amide bonds. The number of carbonyl (C=O) groups excluding carboxylic acids is 2. The lowest BCUT2D eigenvalue weighted by molar-refractivity contribution is -0.129. The quantitative estimate of drug-likeness (QED) is 0.796. The van der Waals surface area contributed by atoms with Crippen LogP contribution in [0, 0.1) is 5.92 Å². The molecule has 1 aromatic rings. The van der Waals surface area contributed by atoms with Crippen LogP contribution in [0.5, 0.6) is 5.75 Å². The number of ether oxygens (including phenoxy) is 1. The van der Waals surface area contributed by atoms with Gasteiger partial charge in [-0.15, -0.1) is 0 Å². The summed E-state index contributed by atoms with van der Waals surface area (Å²) in [5, 5.41) is 3.20. The second-order valence-electron chi connectivity index (χ2n) is 7.54. The first kappa shape index (κ1) is 18.7. The Hall–Kier alpha value is -2.04. The molecule has 2 aliphatic rings. The predicted molar refractivity (Wildman–Crippen MR) is 101 cm³/mol. The average Bonchev–Trinajstić information content (AvgIpc) is 2.85. The first-order valence-electron chi connectivity index (χ1n) is 9.87. The van der Waals surface area contributed by atoms with Crippen LogP contribution in [0.3, 0.4) is 0 Å². The molecule has 0 bridgehead atoms. The van der Waals surface area contributed by atoms with E-state index in [1.807, 2.05) is 29.2 Å². The molecule has 2 fully saturated rings. The molecular formula is C21H30N2O3. The highest BCUT2D eigenvalue weighted by atomic mass is 16.5. The summed E-state index contributed by atoms with van der Waals surface area (Å²) in [4.78, 5) is 26.7. The molecule has 1 aliphatic heterocycles. The van der Waals surface area contributed by atoms with Crippen molar-refractivity contribution >= 4 is 11.8 Å². The largest absolute Gasteiger partial charge is 0.497 e. The first-order chi connectivity index (χ1) is 12.7. The lowest BCUT2D eigenvalue weighted by atomic mass is 10.0.